The van der Waals surface area contributed by atoms with Crippen LogP contribution in [0.2, 0.25) is 0 Å². The number of methoxy groups -OCH3 is 2. The van der Waals surface area contributed by atoms with Crippen LogP contribution in [-0.2, 0) is 20.7 Å². The van der Waals surface area contributed by atoms with E-state index in [1.165, 1.54) is 11.1 Å². The molecule has 7 heteroatoms. The summed E-state index contributed by atoms with van der Waals surface area (Å²) in [7, 11) is 3.32. The van der Waals surface area contributed by atoms with Crippen LogP contribution in [0.3, 0.4) is 0 Å². The average Bonchev–Trinajstić information content (AvgIpc) is 2.70. The fourth-order valence-corrected chi connectivity index (χ4v) is 4.97. The van der Waals surface area contributed by atoms with E-state index in [2.05, 4.69) is 30.9 Å². The van der Waals surface area contributed by atoms with Crippen molar-refractivity contribution in [2.75, 3.05) is 33.9 Å². The molecule has 3 rings (SSSR count). The summed E-state index contributed by atoms with van der Waals surface area (Å²) in [5.41, 5.74) is 7.68. The van der Waals surface area contributed by atoms with Crippen molar-refractivity contribution in [3.8, 4) is 11.5 Å². The van der Waals surface area contributed by atoms with Gasteiger partial charge in [0.2, 0.25) is 5.91 Å². The van der Waals surface area contributed by atoms with E-state index in [0.29, 0.717) is 18.4 Å². The van der Waals surface area contributed by atoms with E-state index in [-0.39, 0.29) is 18.4 Å². The third-order valence-electron chi connectivity index (χ3n) is 6.33. The molecule has 3 atom stereocenters. The minimum Gasteiger partial charge on any atom is -0.493 e. The summed E-state index contributed by atoms with van der Waals surface area (Å²) < 4.78 is 16.5. The van der Waals surface area contributed by atoms with Gasteiger partial charge in [0, 0.05) is 19.1 Å². The third-order valence-corrected chi connectivity index (χ3v) is 6.33. The first-order valence-electron chi connectivity index (χ1n) is 10.7. The smallest absolute Gasteiger partial charge is 0.315 e. The molecule has 7 nitrogen and oxygen atoms in total. The van der Waals surface area contributed by atoms with Crippen molar-refractivity contribution < 1.29 is 23.8 Å². The number of benzene rings is 1. The Kier molecular flexibility index (Phi) is 7.23. The highest BCUT2D eigenvalue weighted by molar-refractivity contribution is 5.93. The second-order valence-electron chi connectivity index (χ2n) is 8.88. The number of hydrogen-bond donors (Lipinski definition) is 1. The van der Waals surface area contributed by atoms with E-state index in [4.69, 9.17) is 19.9 Å². The van der Waals surface area contributed by atoms with Gasteiger partial charge in [-0.15, -0.1) is 0 Å². The normalized spacial score (nSPS) is 23.4. The molecule has 0 aromatic heterocycles. The lowest BCUT2D eigenvalue weighted by molar-refractivity contribution is -0.148. The molecule has 0 spiro atoms. The Labute approximate surface area is 178 Å². The quantitative estimate of drug-likeness (QED) is 0.516. The first-order chi connectivity index (χ1) is 14.3. The topological polar surface area (TPSA) is 91.1 Å². The van der Waals surface area contributed by atoms with Crippen LogP contribution < -0.4 is 15.2 Å². The molecule has 1 aromatic rings. The van der Waals surface area contributed by atoms with Gasteiger partial charge in [-0.1, -0.05) is 13.8 Å². The summed E-state index contributed by atoms with van der Waals surface area (Å²) in [4.78, 5) is 25.5. The molecule has 0 saturated carbocycles. The minimum atomic E-state index is -0.657. The highest BCUT2D eigenvalue weighted by atomic mass is 16.5. The molecule has 1 amide bonds. The SMILES string of the molecule is COc1cc2c(cc1OC)C1CC(COC(=O)CC(N)=O)C(CC(C)C)CN1CC2. The number of esters is 1. The van der Waals surface area contributed by atoms with Crippen LogP contribution in [0.25, 0.3) is 0 Å². The van der Waals surface area contributed by atoms with Crippen molar-refractivity contribution in [2.45, 2.75) is 45.6 Å². The molecule has 1 aromatic carbocycles. The van der Waals surface area contributed by atoms with Crippen molar-refractivity contribution in [2.24, 2.45) is 23.5 Å². The zero-order valence-corrected chi connectivity index (χ0v) is 18.5. The van der Waals surface area contributed by atoms with Crippen molar-refractivity contribution >= 4 is 11.9 Å². The molecular weight excluding hydrogens is 384 g/mol. The Morgan fingerprint density at radius 2 is 1.87 bits per heavy atom. The van der Waals surface area contributed by atoms with Gasteiger partial charge in [-0.2, -0.15) is 0 Å². The number of ether oxygens (including phenoxy) is 3. The van der Waals surface area contributed by atoms with Gasteiger partial charge in [-0.25, -0.2) is 0 Å². The number of carbonyl (C=O) groups is 2. The zero-order chi connectivity index (χ0) is 21.8. The third kappa shape index (κ3) is 5.06. The maximum Gasteiger partial charge on any atom is 0.315 e. The van der Waals surface area contributed by atoms with Crippen molar-refractivity contribution in [1.82, 2.24) is 4.90 Å². The second kappa shape index (κ2) is 9.69. The minimum absolute atomic E-state index is 0.240. The lowest BCUT2D eigenvalue weighted by atomic mass is 9.74. The van der Waals surface area contributed by atoms with Crippen molar-refractivity contribution in [1.29, 1.82) is 0 Å². The van der Waals surface area contributed by atoms with Gasteiger partial charge in [-0.3, -0.25) is 14.5 Å². The highest BCUT2D eigenvalue weighted by Gasteiger charge is 2.40. The van der Waals surface area contributed by atoms with Crippen LogP contribution in [0, 0.1) is 17.8 Å². The molecule has 2 N–H and O–H groups in total. The van der Waals surface area contributed by atoms with Gasteiger partial charge in [0.15, 0.2) is 11.5 Å². The van der Waals surface area contributed by atoms with Gasteiger partial charge in [0.1, 0.15) is 6.42 Å². The van der Waals surface area contributed by atoms with E-state index in [1.54, 1.807) is 14.2 Å². The summed E-state index contributed by atoms with van der Waals surface area (Å²) in [5.74, 6) is 1.56. The Morgan fingerprint density at radius 3 is 2.50 bits per heavy atom. The largest absolute Gasteiger partial charge is 0.493 e. The lowest BCUT2D eigenvalue weighted by Crippen LogP contribution is -2.47. The average molecular weight is 419 g/mol. The molecular formula is C23H34N2O5. The summed E-state index contributed by atoms with van der Waals surface area (Å²) >= 11 is 0. The number of primary amides is 1. The molecule has 3 unspecified atom stereocenters. The van der Waals surface area contributed by atoms with Crippen LogP contribution in [-0.4, -0.2) is 50.7 Å². The molecule has 1 fully saturated rings. The van der Waals surface area contributed by atoms with Gasteiger partial charge in [0.25, 0.3) is 0 Å². The summed E-state index contributed by atoms with van der Waals surface area (Å²) in [6.07, 6.45) is 2.61. The molecule has 1 saturated heterocycles. The first kappa shape index (κ1) is 22.4. The number of piperidine rings is 1. The molecule has 30 heavy (non-hydrogen) atoms. The second-order valence-corrected chi connectivity index (χ2v) is 8.88. The van der Waals surface area contributed by atoms with Crippen LogP contribution >= 0.6 is 0 Å². The first-order valence-corrected chi connectivity index (χ1v) is 10.7. The number of carbonyl (C=O) groups excluding carboxylic acids is 2. The Hall–Kier alpha value is -2.28. The predicted octanol–water partition coefficient (Wildman–Crippen LogP) is 2.70. The van der Waals surface area contributed by atoms with Gasteiger partial charge in [0.05, 0.1) is 20.8 Å². The van der Waals surface area contributed by atoms with Crippen LogP contribution in [0.5, 0.6) is 11.5 Å². The van der Waals surface area contributed by atoms with Crippen molar-refractivity contribution in [3.05, 3.63) is 23.3 Å². The molecule has 0 aliphatic carbocycles. The van der Waals surface area contributed by atoms with Gasteiger partial charge in [-0.05, 0) is 60.3 Å². The Bertz CT molecular complexity index is 779. The highest BCUT2D eigenvalue weighted by Crippen LogP contribution is 2.45. The number of rotatable bonds is 8. The summed E-state index contributed by atoms with van der Waals surface area (Å²) in [6, 6.07) is 4.45. The fourth-order valence-electron chi connectivity index (χ4n) is 4.97. The Morgan fingerprint density at radius 1 is 1.17 bits per heavy atom. The van der Waals surface area contributed by atoms with E-state index in [1.807, 2.05) is 0 Å². The summed E-state index contributed by atoms with van der Waals surface area (Å²) in [5, 5.41) is 0. The predicted molar refractivity (Wildman–Crippen MR) is 113 cm³/mol. The van der Waals surface area contributed by atoms with Gasteiger partial charge >= 0.3 is 5.97 Å². The number of fused-ring (bicyclic) bond motifs is 3. The molecule has 2 heterocycles. The van der Waals surface area contributed by atoms with E-state index in [9.17, 15) is 9.59 Å². The molecule has 2 aliphatic heterocycles. The lowest BCUT2D eigenvalue weighted by Gasteiger charge is -2.47. The number of nitrogens with two attached hydrogens (primary N) is 1. The van der Waals surface area contributed by atoms with Crippen molar-refractivity contribution in [3.63, 3.8) is 0 Å². The van der Waals surface area contributed by atoms with E-state index < -0.39 is 11.9 Å². The molecule has 166 valence electrons. The van der Waals surface area contributed by atoms with E-state index in [0.717, 1.165) is 43.9 Å². The maximum atomic E-state index is 11.9. The number of hydrogen-bond acceptors (Lipinski definition) is 6. The summed E-state index contributed by atoms with van der Waals surface area (Å²) in [6.45, 7) is 6.77. The van der Waals surface area contributed by atoms with Crippen LogP contribution in [0.1, 0.15) is 50.3 Å². The fraction of sp³-hybridized carbons (Fsp3) is 0.652. The molecule has 0 bridgehead atoms. The monoisotopic (exact) mass is 418 g/mol. The van der Waals surface area contributed by atoms with Crippen LogP contribution in [0.4, 0.5) is 0 Å². The Balaban J connectivity index is 1.82. The maximum absolute atomic E-state index is 11.9. The molecule has 2 aliphatic rings. The zero-order valence-electron chi connectivity index (χ0n) is 18.5. The van der Waals surface area contributed by atoms with Gasteiger partial charge < -0.3 is 19.9 Å². The number of amides is 1. The van der Waals surface area contributed by atoms with E-state index >= 15 is 0 Å². The number of nitrogens with zero attached hydrogens (tertiary/aromatic N) is 1. The molecule has 0 radical (unpaired) electrons. The standard InChI is InChI=1S/C23H34N2O5/c1-14(2)7-16-12-25-6-5-15-9-20(28-3)21(29-4)10-18(15)19(25)8-17(16)13-30-23(27)11-22(24)26/h9-10,14,16-17,19H,5-8,11-13H2,1-4H3,(H2,24,26). The van der Waals surface area contributed by atoms with Crippen LogP contribution in [0.15, 0.2) is 12.1 Å².